The van der Waals surface area contributed by atoms with Gasteiger partial charge in [-0.1, -0.05) is 0 Å². The molecule has 0 aromatic carbocycles. The minimum absolute atomic E-state index is 0.241. The number of nitrogens with zero attached hydrogens (tertiary/aromatic N) is 2. The maximum absolute atomic E-state index is 11.4. The number of nitrogen functional groups attached to an aromatic ring is 1. The number of sulfone groups is 1. The summed E-state index contributed by atoms with van der Waals surface area (Å²) >= 11 is 0. The molecule has 6 heteroatoms. The van der Waals surface area contributed by atoms with Crippen molar-refractivity contribution >= 4 is 15.7 Å². The number of rotatable bonds is 3. The monoisotopic (exact) mass is 229 g/mol. The molecule has 5 nitrogen and oxygen atoms in total. The summed E-state index contributed by atoms with van der Waals surface area (Å²) in [5, 5.41) is 0. The van der Waals surface area contributed by atoms with Crippen LogP contribution in [0.15, 0.2) is 17.0 Å². The number of hydrogen-bond acceptors (Lipinski definition) is 5. The smallest absolute Gasteiger partial charge is 0.177 e. The fraction of sp³-hybridized carbons (Fsp3) is 0.444. The fourth-order valence-electron chi connectivity index (χ4n) is 1.26. The molecule has 1 aromatic rings. The number of nitrogens with two attached hydrogens (primary N) is 1. The van der Waals surface area contributed by atoms with Crippen LogP contribution < -0.4 is 5.73 Å². The van der Waals surface area contributed by atoms with Gasteiger partial charge in [0.2, 0.25) is 0 Å². The lowest BCUT2D eigenvalue weighted by Crippen LogP contribution is -2.16. The minimum Gasteiger partial charge on any atom is -0.384 e. The first-order valence-corrected chi connectivity index (χ1v) is 6.30. The molecule has 1 rings (SSSR count). The van der Waals surface area contributed by atoms with Gasteiger partial charge in [-0.05, 0) is 26.2 Å². The van der Waals surface area contributed by atoms with Gasteiger partial charge in [0.05, 0.1) is 10.6 Å². The third kappa shape index (κ3) is 3.17. The van der Waals surface area contributed by atoms with Crippen molar-refractivity contribution in [1.82, 2.24) is 9.88 Å². The summed E-state index contributed by atoms with van der Waals surface area (Å²) in [6.45, 7) is 0.452. The highest BCUT2D eigenvalue weighted by atomic mass is 32.2. The van der Waals surface area contributed by atoms with E-state index in [1.807, 2.05) is 19.0 Å². The van der Waals surface area contributed by atoms with Crippen LogP contribution in [0, 0.1) is 0 Å². The lowest BCUT2D eigenvalue weighted by Gasteiger charge is -2.12. The van der Waals surface area contributed by atoms with Gasteiger partial charge >= 0.3 is 0 Å². The Balaban J connectivity index is 3.27. The van der Waals surface area contributed by atoms with Crippen LogP contribution >= 0.6 is 0 Å². The molecule has 0 amide bonds. The molecule has 0 unspecified atom stereocenters. The third-order valence-corrected chi connectivity index (χ3v) is 2.99. The molecule has 0 atom stereocenters. The second-order valence-electron chi connectivity index (χ2n) is 3.69. The van der Waals surface area contributed by atoms with Gasteiger partial charge in [-0.15, -0.1) is 0 Å². The van der Waals surface area contributed by atoms with Crippen molar-refractivity contribution in [1.29, 1.82) is 0 Å². The highest BCUT2D eigenvalue weighted by Gasteiger charge is 2.15. The van der Waals surface area contributed by atoms with E-state index in [9.17, 15) is 8.42 Å². The van der Waals surface area contributed by atoms with E-state index >= 15 is 0 Å². The van der Waals surface area contributed by atoms with E-state index < -0.39 is 9.84 Å². The van der Waals surface area contributed by atoms with Gasteiger partial charge in [0.1, 0.15) is 5.82 Å². The Kier molecular flexibility index (Phi) is 3.31. The van der Waals surface area contributed by atoms with Gasteiger partial charge < -0.3 is 10.6 Å². The van der Waals surface area contributed by atoms with Gasteiger partial charge in [-0.25, -0.2) is 13.4 Å². The van der Waals surface area contributed by atoms with Crippen LogP contribution in [0.2, 0.25) is 0 Å². The molecule has 0 aliphatic heterocycles. The van der Waals surface area contributed by atoms with Gasteiger partial charge in [0.15, 0.2) is 9.84 Å². The normalized spacial score (nSPS) is 12.0. The largest absolute Gasteiger partial charge is 0.384 e. The van der Waals surface area contributed by atoms with E-state index in [1.165, 1.54) is 18.4 Å². The Morgan fingerprint density at radius 3 is 2.47 bits per heavy atom. The SMILES string of the molecule is CN(C)Cc1nc(N)ccc1S(C)(=O)=O. The number of hydrogen-bond donors (Lipinski definition) is 1. The van der Waals surface area contributed by atoms with E-state index in [1.54, 1.807) is 0 Å². The van der Waals surface area contributed by atoms with Crippen LogP contribution in [0.5, 0.6) is 0 Å². The summed E-state index contributed by atoms with van der Waals surface area (Å²) < 4.78 is 22.9. The molecule has 84 valence electrons. The molecule has 0 radical (unpaired) electrons. The molecule has 1 heterocycles. The fourth-order valence-corrected chi connectivity index (χ4v) is 2.11. The summed E-state index contributed by atoms with van der Waals surface area (Å²) in [6.07, 6.45) is 1.17. The zero-order valence-corrected chi connectivity index (χ0v) is 9.87. The van der Waals surface area contributed by atoms with Crippen molar-refractivity contribution < 1.29 is 8.42 Å². The van der Waals surface area contributed by atoms with Gasteiger partial charge in [0, 0.05) is 12.8 Å². The highest BCUT2D eigenvalue weighted by Crippen LogP contribution is 2.16. The average molecular weight is 229 g/mol. The molecule has 0 aliphatic carbocycles. The molecular weight excluding hydrogens is 214 g/mol. The molecule has 0 spiro atoms. The molecular formula is C9H15N3O2S. The quantitative estimate of drug-likeness (QED) is 0.797. The van der Waals surface area contributed by atoms with Crippen molar-refractivity contribution in [3.63, 3.8) is 0 Å². The summed E-state index contributed by atoms with van der Waals surface area (Å²) in [6, 6.07) is 2.99. The third-order valence-electron chi connectivity index (χ3n) is 1.82. The second-order valence-corrected chi connectivity index (χ2v) is 5.68. The topological polar surface area (TPSA) is 76.3 Å². The first-order valence-electron chi connectivity index (χ1n) is 4.41. The van der Waals surface area contributed by atoms with E-state index in [-0.39, 0.29) is 4.90 Å². The number of pyridine rings is 1. The first kappa shape index (κ1) is 11.9. The van der Waals surface area contributed by atoms with E-state index in [4.69, 9.17) is 5.73 Å². The van der Waals surface area contributed by atoms with Gasteiger partial charge in [-0.3, -0.25) is 0 Å². The second kappa shape index (κ2) is 4.16. The molecule has 0 saturated heterocycles. The predicted molar refractivity (Wildman–Crippen MR) is 59.2 cm³/mol. The molecule has 0 aliphatic rings. The zero-order chi connectivity index (χ0) is 11.6. The molecule has 0 saturated carbocycles. The standard InChI is InChI=1S/C9H15N3O2S/c1-12(2)6-7-8(15(3,13)14)4-5-9(10)11-7/h4-5H,6H2,1-3H3,(H2,10,11). The highest BCUT2D eigenvalue weighted by molar-refractivity contribution is 7.90. The predicted octanol–water partition coefficient (Wildman–Crippen LogP) is 0.129. The summed E-state index contributed by atoms with van der Waals surface area (Å²) in [5.74, 6) is 0.333. The zero-order valence-electron chi connectivity index (χ0n) is 9.06. The summed E-state index contributed by atoms with van der Waals surface area (Å²) in [7, 11) is 0.448. The van der Waals surface area contributed by atoms with Crippen LogP contribution in [0.3, 0.4) is 0 Å². The Labute approximate surface area is 89.8 Å². The molecule has 2 N–H and O–H groups in total. The molecule has 0 bridgehead atoms. The number of anilines is 1. The van der Waals surface area contributed by atoms with Crippen LogP contribution in [0.1, 0.15) is 5.69 Å². The van der Waals surface area contributed by atoms with E-state index in [2.05, 4.69) is 4.98 Å². The maximum atomic E-state index is 11.4. The van der Waals surface area contributed by atoms with E-state index in [0.717, 1.165) is 0 Å². The molecule has 1 aromatic heterocycles. The lowest BCUT2D eigenvalue weighted by molar-refractivity contribution is 0.392. The van der Waals surface area contributed by atoms with Crippen LogP contribution in [0.4, 0.5) is 5.82 Å². The molecule has 0 fully saturated rings. The maximum Gasteiger partial charge on any atom is 0.177 e. The van der Waals surface area contributed by atoms with Gasteiger partial charge in [-0.2, -0.15) is 0 Å². The van der Waals surface area contributed by atoms with Crippen molar-refractivity contribution in [2.45, 2.75) is 11.4 Å². The van der Waals surface area contributed by atoms with Crippen LogP contribution in [0.25, 0.3) is 0 Å². The Hall–Kier alpha value is -1.14. The van der Waals surface area contributed by atoms with E-state index in [0.29, 0.717) is 18.1 Å². The first-order chi connectivity index (χ1) is 6.80. The Morgan fingerprint density at radius 1 is 1.40 bits per heavy atom. The molecule has 15 heavy (non-hydrogen) atoms. The Morgan fingerprint density at radius 2 is 2.00 bits per heavy atom. The van der Waals surface area contributed by atoms with Gasteiger partial charge in [0.25, 0.3) is 0 Å². The van der Waals surface area contributed by atoms with Crippen molar-refractivity contribution in [2.75, 3.05) is 26.1 Å². The van der Waals surface area contributed by atoms with Crippen LogP contribution in [-0.4, -0.2) is 38.7 Å². The summed E-state index contributed by atoms with van der Waals surface area (Å²) in [4.78, 5) is 6.12. The van der Waals surface area contributed by atoms with Crippen molar-refractivity contribution in [3.05, 3.63) is 17.8 Å². The van der Waals surface area contributed by atoms with Crippen molar-refractivity contribution in [3.8, 4) is 0 Å². The lowest BCUT2D eigenvalue weighted by atomic mass is 10.3. The van der Waals surface area contributed by atoms with Crippen LogP contribution in [-0.2, 0) is 16.4 Å². The minimum atomic E-state index is -3.24. The Bertz CT molecular complexity index is 454. The van der Waals surface area contributed by atoms with Crippen molar-refractivity contribution in [2.24, 2.45) is 0 Å². The summed E-state index contributed by atoms with van der Waals surface area (Å²) in [5.41, 5.74) is 6.01. The average Bonchev–Trinajstić information content (AvgIpc) is 1.99. The number of aromatic nitrogens is 1.